The van der Waals surface area contributed by atoms with Crippen LogP contribution in [0.5, 0.6) is 0 Å². The molecule has 1 fully saturated rings. The average molecular weight is 659 g/mol. The van der Waals surface area contributed by atoms with Gasteiger partial charge in [-0.3, -0.25) is 24.2 Å². The van der Waals surface area contributed by atoms with Gasteiger partial charge in [0, 0.05) is 30.6 Å². The molecule has 2 N–H and O–H groups in total. The summed E-state index contributed by atoms with van der Waals surface area (Å²) in [6.07, 6.45) is -4.49. The highest BCUT2D eigenvalue weighted by Crippen LogP contribution is 2.26. The number of carbonyl (C=O) groups excluding carboxylic acids is 4. The fourth-order valence-electron chi connectivity index (χ4n) is 5.19. The number of halogens is 4. The van der Waals surface area contributed by atoms with Crippen molar-refractivity contribution < 1.29 is 37.1 Å². The van der Waals surface area contributed by atoms with Crippen molar-refractivity contribution in [3.05, 3.63) is 101 Å². The topological polar surface area (TPSA) is 118 Å². The number of hydrogen-bond donors (Lipinski definition) is 2. The summed E-state index contributed by atoms with van der Waals surface area (Å²) in [5.74, 6) is -5.23. The van der Waals surface area contributed by atoms with Crippen LogP contribution in [-0.4, -0.2) is 70.3 Å². The van der Waals surface area contributed by atoms with Crippen LogP contribution in [0.15, 0.2) is 79.0 Å². The second-order valence-corrected chi connectivity index (χ2v) is 11.8. The molecule has 4 atom stereocenters. The van der Waals surface area contributed by atoms with Gasteiger partial charge in [-0.25, -0.2) is 0 Å². The number of hydrogen-bond acceptors (Lipinski definition) is 6. The number of nitrogens with one attached hydrogen (secondary N) is 2. The van der Waals surface area contributed by atoms with Crippen molar-refractivity contribution in [1.82, 2.24) is 20.5 Å². The molecule has 0 radical (unpaired) electrons. The van der Waals surface area contributed by atoms with E-state index in [-0.39, 0.29) is 31.7 Å². The Kier molecular flexibility index (Phi) is 11.5. The second-order valence-electron chi connectivity index (χ2n) is 11.3. The van der Waals surface area contributed by atoms with E-state index in [1.165, 1.54) is 31.0 Å². The smallest absolute Gasteiger partial charge is 0.372 e. The van der Waals surface area contributed by atoms with Crippen molar-refractivity contribution in [2.75, 3.05) is 6.54 Å². The number of carbonyl (C=O) groups is 4. The molecular formula is C33H34ClF3N4O5. The summed E-state index contributed by atoms with van der Waals surface area (Å²) in [6, 6.07) is 16.2. The van der Waals surface area contributed by atoms with Gasteiger partial charge >= 0.3 is 6.18 Å². The van der Waals surface area contributed by atoms with Gasteiger partial charge in [-0.2, -0.15) is 13.2 Å². The number of nitrogens with zero attached hydrogens (tertiary/aromatic N) is 2. The number of pyridine rings is 1. The summed E-state index contributed by atoms with van der Waals surface area (Å²) in [4.78, 5) is 58.4. The van der Waals surface area contributed by atoms with E-state index in [2.05, 4.69) is 15.6 Å². The zero-order valence-corrected chi connectivity index (χ0v) is 25.9. The van der Waals surface area contributed by atoms with Crippen molar-refractivity contribution >= 4 is 35.1 Å². The fourth-order valence-corrected chi connectivity index (χ4v) is 5.40. The quantitative estimate of drug-likeness (QED) is 0.295. The fraction of sp³-hybridized carbons (Fsp3) is 0.364. The Hall–Kier alpha value is -4.29. The molecule has 1 aliphatic heterocycles. The van der Waals surface area contributed by atoms with E-state index < -0.39 is 59.8 Å². The first-order valence-corrected chi connectivity index (χ1v) is 15.0. The van der Waals surface area contributed by atoms with E-state index in [1.807, 2.05) is 30.3 Å². The molecular weight excluding hydrogens is 625 g/mol. The number of ether oxygens (including phenoxy) is 1. The van der Waals surface area contributed by atoms with Gasteiger partial charge in [0.1, 0.15) is 17.8 Å². The Bertz CT molecular complexity index is 1520. The predicted octanol–water partition coefficient (Wildman–Crippen LogP) is 4.53. The van der Waals surface area contributed by atoms with Crippen LogP contribution in [0.1, 0.15) is 41.9 Å². The van der Waals surface area contributed by atoms with Crippen LogP contribution in [0.2, 0.25) is 5.02 Å². The van der Waals surface area contributed by atoms with Gasteiger partial charge in [0.05, 0.1) is 18.8 Å². The van der Waals surface area contributed by atoms with Gasteiger partial charge in [0.15, 0.2) is 0 Å². The Labute approximate surface area is 269 Å². The van der Waals surface area contributed by atoms with Crippen molar-refractivity contribution in [3.8, 4) is 0 Å². The molecule has 0 bridgehead atoms. The van der Waals surface area contributed by atoms with Gasteiger partial charge in [-0.1, -0.05) is 74.0 Å². The zero-order chi connectivity index (χ0) is 33.4. The number of alkyl halides is 3. The van der Waals surface area contributed by atoms with Crippen molar-refractivity contribution in [1.29, 1.82) is 0 Å². The number of likely N-dealkylation sites (tertiary alicyclic amines) is 1. The summed E-state index contributed by atoms with van der Waals surface area (Å²) >= 11 is 6.17. The lowest BCUT2D eigenvalue weighted by Crippen LogP contribution is -2.57. The second kappa shape index (κ2) is 15.3. The molecule has 13 heteroatoms. The minimum atomic E-state index is -5.17. The van der Waals surface area contributed by atoms with Gasteiger partial charge in [-0.15, -0.1) is 0 Å². The lowest BCUT2D eigenvalue weighted by molar-refractivity contribution is -0.175. The Morgan fingerprint density at radius 1 is 0.978 bits per heavy atom. The van der Waals surface area contributed by atoms with E-state index in [0.29, 0.717) is 10.6 Å². The maximum atomic E-state index is 14.2. The van der Waals surface area contributed by atoms with Crippen LogP contribution < -0.4 is 10.6 Å². The third-order valence-electron chi connectivity index (χ3n) is 7.53. The van der Waals surface area contributed by atoms with Crippen LogP contribution in [0, 0.1) is 5.92 Å². The van der Waals surface area contributed by atoms with Crippen LogP contribution in [0.3, 0.4) is 0 Å². The largest absolute Gasteiger partial charge is 0.452 e. The maximum Gasteiger partial charge on any atom is 0.452 e. The van der Waals surface area contributed by atoms with Gasteiger partial charge in [0.25, 0.3) is 11.7 Å². The van der Waals surface area contributed by atoms with Crippen molar-refractivity contribution in [3.63, 3.8) is 0 Å². The molecule has 4 rings (SSSR count). The summed E-state index contributed by atoms with van der Waals surface area (Å²) in [7, 11) is 0. The third-order valence-corrected chi connectivity index (χ3v) is 7.77. The van der Waals surface area contributed by atoms with Gasteiger partial charge in [-0.05, 0) is 41.3 Å². The van der Waals surface area contributed by atoms with Gasteiger partial charge < -0.3 is 20.3 Å². The molecule has 46 heavy (non-hydrogen) atoms. The molecule has 3 aromatic rings. The van der Waals surface area contributed by atoms with Crippen LogP contribution in [0.4, 0.5) is 13.2 Å². The summed E-state index contributed by atoms with van der Waals surface area (Å²) in [6.45, 7) is 2.83. The van der Waals surface area contributed by atoms with Crippen molar-refractivity contribution in [2.45, 2.75) is 63.7 Å². The zero-order valence-electron chi connectivity index (χ0n) is 25.2. The maximum absolute atomic E-state index is 14.2. The average Bonchev–Trinajstić information content (AvgIpc) is 3.46. The number of Topliss-reactive ketones (excluding diaryl/α,β-unsaturated/α-hetero) is 1. The van der Waals surface area contributed by atoms with E-state index in [4.69, 9.17) is 16.3 Å². The molecule has 9 nitrogen and oxygen atoms in total. The number of benzene rings is 2. The predicted molar refractivity (Wildman–Crippen MR) is 164 cm³/mol. The molecule has 2 aromatic carbocycles. The SMILES string of the molecule is CC(C)C(NC(=O)[C@@H]1C[C@@H](OCc2ccccc2)CN1C(=O)C(Cc1cccc(Cl)c1)NC(=O)c1ccccn1)C(=O)C(F)(F)F. The highest BCUT2D eigenvalue weighted by atomic mass is 35.5. The molecule has 1 saturated heterocycles. The number of amides is 3. The van der Waals surface area contributed by atoms with E-state index >= 15 is 0 Å². The highest BCUT2D eigenvalue weighted by molar-refractivity contribution is 6.30. The van der Waals surface area contributed by atoms with E-state index in [9.17, 15) is 32.3 Å². The van der Waals surface area contributed by atoms with E-state index in [1.54, 1.807) is 36.4 Å². The minimum absolute atomic E-state index is 0.0144. The molecule has 1 aliphatic rings. The molecule has 2 heterocycles. The highest BCUT2D eigenvalue weighted by Gasteiger charge is 2.48. The standard InChI is InChI=1S/C33H34ClF3N4O5/c1-20(2)28(29(42)33(35,36)37)40-31(44)27-17-24(46-19-21-9-4-3-5-10-21)18-41(27)32(45)26(16-22-11-8-12-23(34)15-22)39-30(43)25-13-6-7-14-38-25/h3-15,20,24,26-28H,16-19H2,1-2H3,(H,39,43)(H,40,44)/t24-,26?,27+,28?/m1/s1. The number of aromatic nitrogens is 1. The molecule has 244 valence electrons. The number of rotatable bonds is 12. The lowest BCUT2D eigenvalue weighted by Gasteiger charge is -2.30. The van der Waals surface area contributed by atoms with Crippen molar-refractivity contribution in [2.24, 2.45) is 5.92 Å². The van der Waals surface area contributed by atoms with Crippen LogP contribution in [-0.2, 0) is 32.1 Å². The Morgan fingerprint density at radius 2 is 1.67 bits per heavy atom. The van der Waals surface area contributed by atoms with Crippen LogP contribution in [0.25, 0.3) is 0 Å². The van der Waals surface area contributed by atoms with Gasteiger partial charge in [0.2, 0.25) is 11.8 Å². The lowest BCUT2D eigenvalue weighted by atomic mass is 9.98. The summed E-state index contributed by atoms with van der Waals surface area (Å²) < 4.78 is 46.2. The summed E-state index contributed by atoms with van der Waals surface area (Å²) in [5.41, 5.74) is 1.50. The first-order valence-electron chi connectivity index (χ1n) is 14.7. The first-order chi connectivity index (χ1) is 21.8. The molecule has 1 aromatic heterocycles. The Balaban J connectivity index is 1.63. The first kappa shape index (κ1) is 34.6. The molecule has 0 saturated carbocycles. The molecule has 2 unspecified atom stereocenters. The minimum Gasteiger partial charge on any atom is -0.372 e. The number of ketones is 1. The molecule has 3 amide bonds. The third kappa shape index (κ3) is 9.13. The van der Waals surface area contributed by atoms with E-state index in [0.717, 1.165) is 5.56 Å². The van der Waals surface area contributed by atoms with Crippen LogP contribution >= 0.6 is 11.6 Å². The summed E-state index contributed by atoms with van der Waals surface area (Å²) in [5, 5.41) is 5.33. The monoisotopic (exact) mass is 658 g/mol. The molecule has 0 aliphatic carbocycles. The Morgan fingerprint density at radius 3 is 2.30 bits per heavy atom. The molecule has 0 spiro atoms. The normalized spacial score (nSPS) is 17.8.